The number of oxazole rings is 1. The van der Waals surface area contributed by atoms with Gasteiger partial charge in [-0.15, -0.1) is 0 Å². The zero-order valence-electron chi connectivity index (χ0n) is 17.3. The molecule has 32 heavy (non-hydrogen) atoms. The maximum atomic E-state index is 12.7. The summed E-state index contributed by atoms with van der Waals surface area (Å²) in [6.45, 7) is 1.78. The number of benzene rings is 3. The topological polar surface area (TPSA) is 98.2 Å². The molecule has 0 saturated heterocycles. The molecule has 0 aliphatic rings. The van der Waals surface area contributed by atoms with Gasteiger partial charge in [0.1, 0.15) is 5.69 Å². The van der Waals surface area contributed by atoms with E-state index < -0.39 is 11.2 Å². The smallest absolute Gasteiger partial charge is 0.257 e. The highest BCUT2D eigenvalue weighted by molar-refractivity contribution is 8.00. The van der Waals surface area contributed by atoms with Crippen LogP contribution in [0.3, 0.4) is 0 Å². The minimum absolute atomic E-state index is 0.206. The number of carbonyl (C=O) groups excluding carboxylic acids is 2. The fourth-order valence-corrected chi connectivity index (χ4v) is 3.84. The number of nitrogens with one attached hydrogen (secondary N) is 1. The van der Waals surface area contributed by atoms with E-state index in [-0.39, 0.29) is 5.91 Å². The number of anilines is 1. The van der Waals surface area contributed by atoms with E-state index in [9.17, 15) is 9.59 Å². The number of aromatic nitrogens is 1. The molecule has 3 N–H and O–H groups in total. The van der Waals surface area contributed by atoms with Crippen molar-refractivity contribution in [2.45, 2.75) is 17.4 Å². The highest BCUT2D eigenvalue weighted by atomic mass is 32.2. The fourth-order valence-electron chi connectivity index (χ4n) is 3.09. The highest BCUT2D eigenvalue weighted by Gasteiger charge is 2.22. The maximum absolute atomic E-state index is 12.7. The van der Waals surface area contributed by atoms with E-state index in [0.717, 1.165) is 16.8 Å². The molecule has 1 unspecified atom stereocenters. The Balaban J connectivity index is 1.54. The van der Waals surface area contributed by atoms with Gasteiger partial charge in [0.25, 0.3) is 5.22 Å². The van der Waals surface area contributed by atoms with Crippen molar-refractivity contribution in [1.82, 2.24) is 4.98 Å². The Morgan fingerprint density at radius 2 is 1.50 bits per heavy atom. The molecule has 1 aromatic heterocycles. The maximum Gasteiger partial charge on any atom is 0.257 e. The van der Waals surface area contributed by atoms with Gasteiger partial charge in [0.2, 0.25) is 11.8 Å². The number of nitrogens with two attached hydrogens (primary N) is 1. The molecule has 160 valence electrons. The van der Waals surface area contributed by atoms with Crippen LogP contribution in [0.15, 0.2) is 94.6 Å². The Kier molecular flexibility index (Phi) is 6.37. The summed E-state index contributed by atoms with van der Waals surface area (Å²) < 4.78 is 6.09. The summed E-state index contributed by atoms with van der Waals surface area (Å²) in [4.78, 5) is 28.6. The van der Waals surface area contributed by atoms with E-state index in [0.29, 0.717) is 22.2 Å². The van der Waals surface area contributed by atoms with Crippen molar-refractivity contribution < 1.29 is 14.0 Å². The summed E-state index contributed by atoms with van der Waals surface area (Å²) in [6.07, 6.45) is 0. The van der Waals surface area contributed by atoms with Crippen LogP contribution in [-0.4, -0.2) is 22.0 Å². The van der Waals surface area contributed by atoms with Gasteiger partial charge in [-0.25, -0.2) is 4.98 Å². The normalized spacial score (nSPS) is 11.7. The van der Waals surface area contributed by atoms with Crippen molar-refractivity contribution in [2.24, 2.45) is 5.73 Å². The number of primary amides is 1. The van der Waals surface area contributed by atoms with E-state index in [1.165, 1.54) is 11.8 Å². The Morgan fingerprint density at radius 3 is 2.09 bits per heavy atom. The number of hydrogen-bond acceptors (Lipinski definition) is 5. The van der Waals surface area contributed by atoms with Crippen LogP contribution < -0.4 is 11.1 Å². The van der Waals surface area contributed by atoms with E-state index in [1.807, 2.05) is 60.7 Å². The van der Waals surface area contributed by atoms with Crippen molar-refractivity contribution in [3.63, 3.8) is 0 Å². The summed E-state index contributed by atoms with van der Waals surface area (Å²) in [5.74, 6) is -0.0596. The standard InChI is InChI=1S/C25H21N3O3S/c1-16(24(30)27-20-14-12-19(13-15-20)23(26)29)32-25-28-21(17-8-4-2-5-9-17)22(31-25)18-10-6-3-7-11-18/h2-16H,1H3,(H2,26,29)(H,27,30). The zero-order chi connectivity index (χ0) is 22.5. The lowest BCUT2D eigenvalue weighted by atomic mass is 10.1. The van der Waals surface area contributed by atoms with Crippen LogP contribution in [0.5, 0.6) is 0 Å². The molecule has 1 atom stereocenters. The predicted molar refractivity (Wildman–Crippen MR) is 126 cm³/mol. The largest absolute Gasteiger partial charge is 0.431 e. The summed E-state index contributed by atoms with van der Waals surface area (Å²) in [5.41, 5.74) is 8.79. The first-order chi connectivity index (χ1) is 15.5. The van der Waals surface area contributed by atoms with Gasteiger partial charge in [-0.3, -0.25) is 9.59 Å². The molecule has 4 rings (SSSR count). The summed E-state index contributed by atoms with van der Waals surface area (Å²) >= 11 is 1.24. The number of rotatable bonds is 7. The van der Waals surface area contributed by atoms with E-state index in [2.05, 4.69) is 10.3 Å². The molecule has 1 heterocycles. The first-order valence-electron chi connectivity index (χ1n) is 10.0. The molecule has 0 aliphatic carbocycles. The molecule has 0 spiro atoms. The van der Waals surface area contributed by atoms with Gasteiger partial charge in [0.15, 0.2) is 5.76 Å². The van der Waals surface area contributed by atoms with Gasteiger partial charge in [-0.1, -0.05) is 72.4 Å². The van der Waals surface area contributed by atoms with E-state index >= 15 is 0 Å². The number of nitrogens with zero attached hydrogens (tertiary/aromatic N) is 1. The lowest BCUT2D eigenvalue weighted by molar-refractivity contribution is -0.115. The Hall–Kier alpha value is -3.84. The predicted octanol–water partition coefficient (Wildman–Crippen LogP) is 5.23. The van der Waals surface area contributed by atoms with Gasteiger partial charge in [0.05, 0.1) is 5.25 Å². The van der Waals surface area contributed by atoms with Crippen molar-refractivity contribution >= 4 is 29.3 Å². The third kappa shape index (κ3) is 4.90. The molecule has 6 nitrogen and oxygen atoms in total. The second-order valence-electron chi connectivity index (χ2n) is 7.08. The summed E-state index contributed by atoms with van der Waals surface area (Å²) in [7, 11) is 0. The first-order valence-corrected chi connectivity index (χ1v) is 10.9. The van der Waals surface area contributed by atoms with Gasteiger partial charge >= 0.3 is 0 Å². The van der Waals surface area contributed by atoms with Gasteiger partial charge in [0, 0.05) is 22.4 Å². The number of carbonyl (C=O) groups is 2. The minimum atomic E-state index is -0.515. The molecule has 3 aromatic carbocycles. The SMILES string of the molecule is CC(Sc1nc(-c2ccccc2)c(-c2ccccc2)o1)C(=O)Nc1ccc(C(N)=O)cc1. The second-order valence-corrected chi connectivity index (χ2v) is 8.37. The lowest BCUT2D eigenvalue weighted by Crippen LogP contribution is -2.22. The van der Waals surface area contributed by atoms with Crippen LogP contribution in [0.1, 0.15) is 17.3 Å². The lowest BCUT2D eigenvalue weighted by Gasteiger charge is -2.10. The Labute approximate surface area is 189 Å². The molecule has 4 aromatic rings. The van der Waals surface area contributed by atoms with Gasteiger partial charge in [-0.2, -0.15) is 0 Å². The van der Waals surface area contributed by atoms with Crippen molar-refractivity contribution in [1.29, 1.82) is 0 Å². The van der Waals surface area contributed by atoms with Crippen LogP contribution in [0.25, 0.3) is 22.6 Å². The van der Waals surface area contributed by atoms with Crippen LogP contribution >= 0.6 is 11.8 Å². The molecule has 0 aliphatic heterocycles. The molecule has 0 bridgehead atoms. The third-order valence-corrected chi connectivity index (χ3v) is 5.72. The van der Waals surface area contributed by atoms with Crippen LogP contribution in [-0.2, 0) is 4.79 Å². The summed E-state index contributed by atoms with van der Waals surface area (Å²) in [6, 6.07) is 26.0. The Morgan fingerprint density at radius 1 is 0.906 bits per heavy atom. The van der Waals surface area contributed by atoms with Crippen LogP contribution in [0.2, 0.25) is 0 Å². The molecule has 7 heteroatoms. The van der Waals surface area contributed by atoms with Gasteiger partial charge < -0.3 is 15.5 Å². The molecule has 2 amide bonds. The monoisotopic (exact) mass is 443 g/mol. The van der Waals surface area contributed by atoms with Crippen molar-refractivity contribution in [2.75, 3.05) is 5.32 Å². The van der Waals surface area contributed by atoms with Gasteiger partial charge in [-0.05, 0) is 31.2 Å². The van der Waals surface area contributed by atoms with Crippen LogP contribution in [0.4, 0.5) is 5.69 Å². The van der Waals surface area contributed by atoms with E-state index in [1.54, 1.807) is 31.2 Å². The molecular weight excluding hydrogens is 422 g/mol. The second kappa shape index (κ2) is 9.53. The molecule has 0 radical (unpaired) electrons. The summed E-state index contributed by atoms with van der Waals surface area (Å²) in [5, 5.41) is 2.78. The third-order valence-electron chi connectivity index (χ3n) is 4.77. The number of thioether (sulfide) groups is 1. The van der Waals surface area contributed by atoms with Crippen LogP contribution in [0, 0.1) is 0 Å². The quantitative estimate of drug-likeness (QED) is 0.381. The minimum Gasteiger partial charge on any atom is -0.431 e. The fraction of sp³-hybridized carbons (Fsp3) is 0.0800. The van der Waals surface area contributed by atoms with E-state index in [4.69, 9.17) is 10.2 Å². The van der Waals surface area contributed by atoms with Crippen molar-refractivity contribution in [3.8, 4) is 22.6 Å². The van der Waals surface area contributed by atoms with Crippen molar-refractivity contribution in [3.05, 3.63) is 90.5 Å². The zero-order valence-corrected chi connectivity index (χ0v) is 18.1. The molecule has 0 saturated carbocycles. The molecule has 0 fully saturated rings. The average molecular weight is 444 g/mol. The molecular formula is C25H21N3O3S. The first kappa shape index (κ1) is 21.4. The Bertz CT molecular complexity index is 1170. The average Bonchev–Trinajstić information content (AvgIpc) is 3.24. The highest BCUT2D eigenvalue weighted by Crippen LogP contribution is 2.36. The number of hydrogen-bond donors (Lipinski definition) is 2. The number of amides is 2.